The first kappa shape index (κ1) is 17.4. The van der Waals surface area contributed by atoms with E-state index in [1.165, 1.54) is 0 Å². The number of piperazine rings is 1. The molecule has 1 aliphatic rings. The van der Waals surface area contributed by atoms with E-state index in [1.54, 1.807) is 47.4 Å². The van der Waals surface area contributed by atoms with Crippen LogP contribution in [0.15, 0.2) is 42.5 Å². The third-order valence-corrected chi connectivity index (χ3v) is 4.44. The van der Waals surface area contributed by atoms with Crippen molar-refractivity contribution in [2.75, 3.05) is 38.5 Å². The van der Waals surface area contributed by atoms with Crippen molar-refractivity contribution >= 4 is 29.1 Å². The Morgan fingerprint density at radius 1 is 1.00 bits per heavy atom. The van der Waals surface area contributed by atoms with Gasteiger partial charge in [0.05, 0.1) is 10.7 Å². The number of para-hydroxylation sites is 1. The number of benzene rings is 1. The van der Waals surface area contributed by atoms with E-state index in [2.05, 4.69) is 15.2 Å². The number of carbonyl (C=O) groups excluding carboxylic acids is 2. The lowest BCUT2D eigenvalue weighted by atomic mass is 10.2. The normalized spacial score (nSPS) is 15.0. The quantitative estimate of drug-likeness (QED) is 0.914. The van der Waals surface area contributed by atoms with Crippen LogP contribution in [0.3, 0.4) is 0 Å². The predicted molar refractivity (Wildman–Crippen MR) is 97.0 cm³/mol. The molecular weight excluding hydrogens is 340 g/mol. The molecule has 0 unspecified atom stereocenters. The first-order valence-corrected chi connectivity index (χ1v) is 8.43. The van der Waals surface area contributed by atoms with E-state index in [4.69, 9.17) is 11.6 Å². The fourth-order valence-corrected chi connectivity index (χ4v) is 2.78. The molecule has 130 valence electrons. The molecule has 0 bridgehead atoms. The van der Waals surface area contributed by atoms with Gasteiger partial charge in [-0.1, -0.05) is 29.8 Å². The maximum atomic E-state index is 12.6. The van der Waals surface area contributed by atoms with Crippen LogP contribution in [0.5, 0.6) is 0 Å². The zero-order valence-corrected chi connectivity index (χ0v) is 14.7. The van der Waals surface area contributed by atoms with Gasteiger partial charge in [-0.25, -0.2) is 4.98 Å². The molecule has 1 aromatic carbocycles. The third-order valence-electron chi connectivity index (χ3n) is 4.11. The van der Waals surface area contributed by atoms with Gasteiger partial charge in [0.15, 0.2) is 0 Å². The molecule has 0 radical (unpaired) electrons. The highest BCUT2D eigenvalue weighted by Crippen LogP contribution is 2.21. The van der Waals surface area contributed by atoms with E-state index in [0.717, 1.165) is 13.1 Å². The Balaban J connectivity index is 1.73. The summed E-state index contributed by atoms with van der Waals surface area (Å²) in [6.07, 6.45) is 0. The topological polar surface area (TPSA) is 65.5 Å². The Morgan fingerprint density at radius 3 is 2.40 bits per heavy atom. The first-order valence-electron chi connectivity index (χ1n) is 8.05. The number of carbonyl (C=O) groups is 2. The van der Waals surface area contributed by atoms with Gasteiger partial charge in [0.2, 0.25) is 0 Å². The molecule has 6 nitrogen and oxygen atoms in total. The Hall–Kier alpha value is -2.44. The molecule has 0 atom stereocenters. The maximum Gasteiger partial charge on any atom is 0.274 e. The van der Waals surface area contributed by atoms with Gasteiger partial charge in [0.1, 0.15) is 11.4 Å². The fraction of sp³-hybridized carbons (Fsp3) is 0.278. The summed E-state index contributed by atoms with van der Waals surface area (Å²) in [5.41, 5.74) is 0.961. The molecule has 1 fully saturated rings. The van der Waals surface area contributed by atoms with Crippen LogP contribution < -0.4 is 5.32 Å². The number of nitrogens with one attached hydrogen (secondary N) is 1. The van der Waals surface area contributed by atoms with Crippen molar-refractivity contribution in [1.82, 2.24) is 14.8 Å². The Labute approximate surface area is 151 Å². The highest BCUT2D eigenvalue weighted by Gasteiger charge is 2.22. The lowest BCUT2D eigenvalue weighted by molar-refractivity contribution is 0.0658. The van der Waals surface area contributed by atoms with Crippen molar-refractivity contribution in [3.8, 4) is 0 Å². The summed E-state index contributed by atoms with van der Waals surface area (Å²) >= 11 is 6.05. The van der Waals surface area contributed by atoms with Crippen LogP contribution >= 0.6 is 11.6 Å². The number of rotatable bonds is 3. The molecule has 25 heavy (non-hydrogen) atoms. The van der Waals surface area contributed by atoms with Gasteiger partial charge in [-0.15, -0.1) is 0 Å². The highest BCUT2D eigenvalue weighted by molar-refractivity contribution is 6.33. The van der Waals surface area contributed by atoms with Crippen LogP contribution in [0.1, 0.15) is 21.0 Å². The number of hydrogen-bond acceptors (Lipinski definition) is 4. The number of hydrogen-bond donors (Lipinski definition) is 1. The number of likely N-dealkylation sites (N-methyl/N-ethyl adjacent to an activating group) is 1. The number of aromatic nitrogens is 1. The van der Waals surface area contributed by atoms with Crippen LogP contribution in [-0.2, 0) is 0 Å². The van der Waals surface area contributed by atoms with Crippen LogP contribution in [0.2, 0.25) is 5.02 Å². The lowest BCUT2D eigenvalue weighted by Crippen LogP contribution is -2.47. The average molecular weight is 359 g/mol. The molecule has 0 aliphatic carbocycles. The van der Waals surface area contributed by atoms with Crippen molar-refractivity contribution in [2.45, 2.75) is 0 Å². The standard InChI is InChI=1S/C18H19ClN4O2/c1-22-9-11-23(12-10-22)18(25)16-8-4-7-15(20-16)17(24)21-14-6-3-2-5-13(14)19/h2-8H,9-12H2,1H3,(H,21,24). The van der Waals surface area contributed by atoms with Gasteiger partial charge in [-0.3, -0.25) is 9.59 Å². The molecule has 1 aromatic heterocycles. The van der Waals surface area contributed by atoms with Crippen LogP contribution in [0.25, 0.3) is 0 Å². The van der Waals surface area contributed by atoms with Crippen LogP contribution in [0.4, 0.5) is 5.69 Å². The van der Waals surface area contributed by atoms with Crippen molar-refractivity contribution in [2.24, 2.45) is 0 Å². The largest absolute Gasteiger partial charge is 0.335 e. The second-order valence-corrected chi connectivity index (χ2v) is 6.34. The van der Waals surface area contributed by atoms with Crippen molar-refractivity contribution < 1.29 is 9.59 Å². The second kappa shape index (κ2) is 7.63. The Bertz CT molecular complexity index is 788. The van der Waals surface area contributed by atoms with E-state index in [1.807, 2.05) is 7.05 Å². The molecule has 0 spiro atoms. The summed E-state index contributed by atoms with van der Waals surface area (Å²) < 4.78 is 0. The number of amides is 2. The third kappa shape index (κ3) is 4.15. The minimum absolute atomic E-state index is 0.152. The minimum Gasteiger partial charge on any atom is -0.335 e. The van der Waals surface area contributed by atoms with Crippen LogP contribution in [-0.4, -0.2) is 59.8 Å². The molecule has 1 N–H and O–H groups in total. The summed E-state index contributed by atoms with van der Waals surface area (Å²) in [5.74, 6) is -0.554. The van der Waals surface area contributed by atoms with Gasteiger partial charge in [0.25, 0.3) is 11.8 Å². The smallest absolute Gasteiger partial charge is 0.274 e. The van der Waals surface area contributed by atoms with Crippen molar-refractivity contribution in [1.29, 1.82) is 0 Å². The maximum absolute atomic E-state index is 12.6. The minimum atomic E-state index is -0.402. The second-order valence-electron chi connectivity index (χ2n) is 5.94. The first-order chi connectivity index (χ1) is 12.0. The summed E-state index contributed by atoms with van der Waals surface area (Å²) in [4.78, 5) is 33.1. The molecule has 3 rings (SSSR count). The SMILES string of the molecule is CN1CCN(C(=O)c2cccc(C(=O)Nc3ccccc3Cl)n2)CC1. The number of halogens is 1. The molecule has 1 aliphatic heterocycles. The molecular formula is C18H19ClN4O2. The van der Waals surface area contributed by atoms with E-state index in [0.29, 0.717) is 23.8 Å². The van der Waals surface area contributed by atoms with Crippen molar-refractivity contribution in [3.63, 3.8) is 0 Å². The molecule has 2 heterocycles. The monoisotopic (exact) mass is 358 g/mol. The zero-order chi connectivity index (χ0) is 17.8. The summed E-state index contributed by atoms with van der Waals surface area (Å²) in [5, 5.41) is 3.16. The number of nitrogens with zero attached hydrogens (tertiary/aromatic N) is 3. The number of anilines is 1. The zero-order valence-electron chi connectivity index (χ0n) is 13.9. The van der Waals surface area contributed by atoms with Gasteiger partial charge in [-0.2, -0.15) is 0 Å². The van der Waals surface area contributed by atoms with Gasteiger partial charge in [0, 0.05) is 26.2 Å². The van der Waals surface area contributed by atoms with Crippen molar-refractivity contribution in [3.05, 3.63) is 58.9 Å². The molecule has 2 aromatic rings. The predicted octanol–water partition coefficient (Wildman–Crippen LogP) is 2.37. The summed E-state index contributed by atoms with van der Waals surface area (Å²) in [6, 6.07) is 11.8. The van der Waals surface area contributed by atoms with E-state index in [9.17, 15) is 9.59 Å². The Morgan fingerprint density at radius 2 is 1.68 bits per heavy atom. The summed E-state index contributed by atoms with van der Waals surface area (Å²) in [6.45, 7) is 2.98. The molecule has 1 saturated heterocycles. The van der Waals surface area contributed by atoms with Gasteiger partial charge >= 0.3 is 0 Å². The molecule has 0 saturated carbocycles. The van der Waals surface area contributed by atoms with Crippen LogP contribution in [0, 0.1) is 0 Å². The fourth-order valence-electron chi connectivity index (χ4n) is 2.60. The van der Waals surface area contributed by atoms with Gasteiger partial charge < -0.3 is 15.1 Å². The molecule has 2 amide bonds. The van der Waals surface area contributed by atoms with E-state index >= 15 is 0 Å². The average Bonchev–Trinajstić information content (AvgIpc) is 2.64. The Kier molecular flexibility index (Phi) is 5.31. The van der Waals surface area contributed by atoms with Gasteiger partial charge in [-0.05, 0) is 31.3 Å². The van der Waals surface area contributed by atoms with E-state index < -0.39 is 5.91 Å². The summed E-state index contributed by atoms with van der Waals surface area (Å²) in [7, 11) is 2.03. The number of pyridine rings is 1. The van der Waals surface area contributed by atoms with E-state index in [-0.39, 0.29) is 17.3 Å². The molecule has 7 heteroatoms. The lowest BCUT2D eigenvalue weighted by Gasteiger charge is -2.32. The highest BCUT2D eigenvalue weighted by atomic mass is 35.5.